The number of amides is 1. The van der Waals surface area contributed by atoms with Crippen LogP contribution in [-0.4, -0.2) is 17.8 Å². The number of thiophene rings is 1. The number of rotatable bonds is 8. The zero-order valence-corrected chi connectivity index (χ0v) is 15.4. The van der Waals surface area contributed by atoms with Crippen LogP contribution in [0.15, 0.2) is 41.8 Å². The van der Waals surface area contributed by atoms with Crippen LogP contribution in [0.1, 0.15) is 37.3 Å². The van der Waals surface area contributed by atoms with Crippen molar-refractivity contribution >= 4 is 29.0 Å². The lowest BCUT2D eigenvalue weighted by Gasteiger charge is -2.16. The molecule has 1 aromatic carbocycles. The van der Waals surface area contributed by atoms with Crippen LogP contribution in [0.25, 0.3) is 0 Å². The third-order valence-electron chi connectivity index (χ3n) is 3.16. The van der Waals surface area contributed by atoms with Crippen molar-refractivity contribution in [1.29, 1.82) is 0 Å². The fourth-order valence-electron chi connectivity index (χ4n) is 2.13. The van der Waals surface area contributed by atoms with E-state index in [1.165, 1.54) is 4.88 Å². The Labute approximate surface area is 146 Å². The maximum absolute atomic E-state index is 12.1. The molecule has 2 aromatic rings. The van der Waals surface area contributed by atoms with Gasteiger partial charge in [0, 0.05) is 10.6 Å². The van der Waals surface area contributed by atoms with Crippen molar-refractivity contribution in [2.45, 2.75) is 38.7 Å². The summed E-state index contributed by atoms with van der Waals surface area (Å²) in [6.45, 7) is 6.00. The zero-order chi connectivity index (χ0) is 16.7. The van der Waals surface area contributed by atoms with Crippen LogP contribution in [-0.2, 0) is 10.5 Å². The lowest BCUT2D eigenvalue weighted by molar-refractivity contribution is -0.119. The molecule has 0 saturated carbocycles. The lowest BCUT2D eigenvalue weighted by Crippen LogP contribution is -2.28. The Hall–Kier alpha value is -1.46. The SMILES string of the molecule is CC(C)Oc1cccc([C@H](C)NC(=O)CSCc2cccs2)c1. The van der Waals surface area contributed by atoms with E-state index in [2.05, 4.69) is 16.8 Å². The summed E-state index contributed by atoms with van der Waals surface area (Å²) >= 11 is 3.37. The van der Waals surface area contributed by atoms with E-state index in [4.69, 9.17) is 4.74 Å². The van der Waals surface area contributed by atoms with Crippen molar-refractivity contribution in [2.75, 3.05) is 5.75 Å². The number of ether oxygens (including phenoxy) is 1. The summed E-state index contributed by atoms with van der Waals surface area (Å²) < 4.78 is 5.70. The first-order valence-corrected chi connectivity index (χ1v) is 9.74. The molecule has 2 rings (SSSR count). The molecule has 0 unspecified atom stereocenters. The van der Waals surface area contributed by atoms with E-state index in [0.717, 1.165) is 17.1 Å². The Bertz CT molecular complexity index is 611. The van der Waals surface area contributed by atoms with E-state index in [1.807, 2.05) is 51.1 Å². The van der Waals surface area contributed by atoms with Crippen molar-refractivity contribution in [3.63, 3.8) is 0 Å². The molecule has 1 heterocycles. The Morgan fingerprint density at radius 3 is 2.78 bits per heavy atom. The standard InChI is InChI=1S/C18H23NO2S2/c1-13(2)21-16-7-4-6-15(10-16)14(3)19-18(20)12-22-11-17-8-5-9-23-17/h4-10,13-14H,11-12H2,1-3H3,(H,19,20)/t14-/m0/s1. The molecule has 0 radical (unpaired) electrons. The Morgan fingerprint density at radius 2 is 2.09 bits per heavy atom. The minimum Gasteiger partial charge on any atom is -0.491 e. The van der Waals surface area contributed by atoms with Crippen LogP contribution in [0.4, 0.5) is 0 Å². The summed E-state index contributed by atoms with van der Waals surface area (Å²) in [5.74, 6) is 2.27. The second-order valence-electron chi connectivity index (χ2n) is 5.60. The third kappa shape index (κ3) is 6.28. The van der Waals surface area contributed by atoms with Gasteiger partial charge >= 0.3 is 0 Å². The summed E-state index contributed by atoms with van der Waals surface area (Å²) in [4.78, 5) is 13.4. The largest absolute Gasteiger partial charge is 0.491 e. The second kappa shape index (κ2) is 8.99. The zero-order valence-electron chi connectivity index (χ0n) is 13.7. The van der Waals surface area contributed by atoms with Crippen LogP contribution in [0.2, 0.25) is 0 Å². The lowest BCUT2D eigenvalue weighted by atomic mass is 10.1. The molecule has 0 bridgehead atoms. The van der Waals surface area contributed by atoms with Crippen molar-refractivity contribution < 1.29 is 9.53 Å². The third-order valence-corrected chi connectivity index (χ3v) is 5.21. The molecule has 0 aliphatic carbocycles. The number of hydrogen-bond acceptors (Lipinski definition) is 4. The maximum Gasteiger partial charge on any atom is 0.230 e. The topological polar surface area (TPSA) is 38.3 Å². The molecule has 23 heavy (non-hydrogen) atoms. The van der Waals surface area contributed by atoms with Crippen LogP contribution >= 0.6 is 23.1 Å². The highest BCUT2D eigenvalue weighted by Crippen LogP contribution is 2.21. The van der Waals surface area contributed by atoms with Gasteiger partial charge in [-0.25, -0.2) is 0 Å². The number of hydrogen-bond donors (Lipinski definition) is 1. The summed E-state index contributed by atoms with van der Waals surface area (Å²) in [7, 11) is 0. The number of thioether (sulfide) groups is 1. The normalized spacial score (nSPS) is 12.2. The highest BCUT2D eigenvalue weighted by atomic mass is 32.2. The molecular formula is C18H23NO2S2. The maximum atomic E-state index is 12.1. The quantitative estimate of drug-likeness (QED) is 0.754. The predicted octanol–water partition coefficient (Wildman–Crippen LogP) is 4.65. The molecule has 0 aliphatic heterocycles. The van der Waals surface area contributed by atoms with Crippen LogP contribution in [0.5, 0.6) is 5.75 Å². The van der Waals surface area contributed by atoms with Gasteiger partial charge in [-0.05, 0) is 49.9 Å². The van der Waals surface area contributed by atoms with Crippen molar-refractivity contribution in [2.24, 2.45) is 0 Å². The molecule has 124 valence electrons. The summed E-state index contributed by atoms with van der Waals surface area (Å²) in [6.07, 6.45) is 0.142. The molecule has 1 N–H and O–H groups in total. The van der Waals surface area contributed by atoms with E-state index in [1.54, 1.807) is 23.1 Å². The van der Waals surface area contributed by atoms with Gasteiger partial charge in [-0.15, -0.1) is 23.1 Å². The molecule has 0 fully saturated rings. The van der Waals surface area contributed by atoms with Gasteiger partial charge in [0.1, 0.15) is 5.75 Å². The molecule has 3 nitrogen and oxygen atoms in total. The molecular weight excluding hydrogens is 326 g/mol. The predicted molar refractivity (Wildman–Crippen MR) is 99.2 cm³/mol. The Morgan fingerprint density at radius 1 is 1.26 bits per heavy atom. The Balaban J connectivity index is 1.80. The van der Waals surface area contributed by atoms with Gasteiger partial charge in [0.25, 0.3) is 0 Å². The van der Waals surface area contributed by atoms with Gasteiger partial charge < -0.3 is 10.1 Å². The van der Waals surface area contributed by atoms with Crippen molar-refractivity contribution in [3.8, 4) is 5.75 Å². The van der Waals surface area contributed by atoms with Gasteiger partial charge in [0.2, 0.25) is 5.91 Å². The molecule has 0 spiro atoms. The Kier molecular flexibility index (Phi) is 6.99. The van der Waals surface area contributed by atoms with Gasteiger partial charge in [0.15, 0.2) is 0 Å². The van der Waals surface area contributed by atoms with Crippen molar-refractivity contribution in [3.05, 3.63) is 52.2 Å². The summed E-state index contributed by atoms with van der Waals surface area (Å²) in [5, 5.41) is 5.10. The molecule has 0 aliphatic rings. The molecule has 1 aromatic heterocycles. The molecule has 1 atom stereocenters. The fourth-order valence-corrected chi connectivity index (χ4v) is 3.81. The molecule has 0 saturated heterocycles. The average Bonchev–Trinajstić information content (AvgIpc) is 3.00. The number of benzene rings is 1. The van der Waals surface area contributed by atoms with Crippen LogP contribution in [0.3, 0.4) is 0 Å². The smallest absolute Gasteiger partial charge is 0.230 e. The monoisotopic (exact) mass is 349 g/mol. The van der Waals surface area contributed by atoms with Gasteiger partial charge in [0.05, 0.1) is 17.9 Å². The highest BCUT2D eigenvalue weighted by molar-refractivity contribution is 7.99. The van der Waals surface area contributed by atoms with E-state index < -0.39 is 0 Å². The summed E-state index contributed by atoms with van der Waals surface area (Å²) in [6, 6.07) is 12.0. The van der Waals surface area contributed by atoms with E-state index >= 15 is 0 Å². The van der Waals surface area contributed by atoms with Crippen LogP contribution in [0, 0.1) is 0 Å². The van der Waals surface area contributed by atoms with Gasteiger partial charge in [-0.2, -0.15) is 0 Å². The van der Waals surface area contributed by atoms with Crippen LogP contribution < -0.4 is 10.1 Å². The molecule has 1 amide bonds. The second-order valence-corrected chi connectivity index (χ2v) is 7.62. The van der Waals surface area contributed by atoms with E-state index in [0.29, 0.717) is 5.75 Å². The van der Waals surface area contributed by atoms with Gasteiger partial charge in [-0.3, -0.25) is 4.79 Å². The first kappa shape index (κ1) is 17.9. The highest BCUT2D eigenvalue weighted by Gasteiger charge is 2.11. The molecule has 5 heteroatoms. The first-order valence-electron chi connectivity index (χ1n) is 7.70. The van der Waals surface area contributed by atoms with E-state index in [9.17, 15) is 4.79 Å². The minimum absolute atomic E-state index is 0.0273. The van der Waals surface area contributed by atoms with Crippen molar-refractivity contribution in [1.82, 2.24) is 5.32 Å². The average molecular weight is 350 g/mol. The number of carbonyl (C=O) groups excluding carboxylic acids is 1. The number of carbonyl (C=O) groups is 1. The summed E-state index contributed by atoms with van der Waals surface area (Å²) in [5.41, 5.74) is 1.06. The minimum atomic E-state index is -0.0273. The number of nitrogens with one attached hydrogen (secondary N) is 1. The first-order chi connectivity index (χ1) is 11.0. The van der Waals surface area contributed by atoms with E-state index in [-0.39, 0.29) is 18.1 Å². The van der Waals surface area contributed by atoms with Gasteiger partial charge in [-0.1, -0.05) is 18.2 Å². The fraction of sp³-hybridized carbons (Fsp3) is 0.389.